The van der Waals surface area contributed by atoms with Gasteiger partial charge in [0.25, 0.3) is 0 Å². The number of aromatic nitrogens is 2. The fourth-order valence-electron chi connectivity index (χ4n) is 4.21. The second-order valence-corrected chi connectivity index (χ2v) is 6.57. The van der Waals surface area contributed by atoms with Gasteiger partial charge in [0, 0.05) is 28.1 Å². The largest absolute Gasteiger partial charge is 0.298 e. The molecule has 0 atom stereocenters. The minimum atomic E-state index is 1.05. The highest BCUT2D eigenvalue weighted by atomic mass is 15.0. The third kappa shape index (κ3) is 1.31. The Morgan fingerprint density at radius 1 is 0.792 bits per heavy atom. The van der Waals surface area contributed by atoms with Crippen molar-refractivity contribution < 1.29 is 0 Å². The van der Waals surface area contributed by atoms with Crippen LogP contribution in [-0.2, 0) is 0 Å². The lowest BCUT2D eigenvalue weighted by molar-refractivity contribution is 1.18. The van der Waals surface area contributed by atoms with Crippen LogP contribution in [-0.4, -0.2) is 9.38 Å². The summed E-state index contributed by atoms with van der Waals surface area (Å²) >= 11 is 0. The van der Waals surface area contributed by atoms with Crippen LogP contribution in [0.25, 0.3) is 49.7 Å². The summed E-state index contributed by atoms with van der Waals surface area (Å²) in [5.74, 6) is 0. The van der Waals surface area contributed by atoms with E-state index in [0.29, 0.717) is 0 Å². The molecule has 2 heterocycles. The van der Waals surface area contributed by atoms with Gasteiger partial charge in [-0.05, 0) is 23.3 Å². The molecule has 0 bridgehead atoms. The molecule has 2 heteroatoms. The Kier molecular flexibility index (Phi) is 2.07. The monoisotopic (exact) mass is 306 g/mol. The molecule has 0 saturated carbocycles. The van der Waals surface area contributed by atoms with Gasteiger partial charge in [-0.3, -0.25) is 4.40 Å². The number of imidazole rings is 1. The van der Waals surface area contributed by atoms with Crippen molar-refractivity contribution in [2.75, 3.05) is 0 Å². The van der Waals surface area contributed by atoms with E-state index in [1.165, 1.54) is 43.9 Å². The Morgan fingerprint density at radius 3 is 2.38 bits per heavy atom. The maximum Gasteiger partial charge on any atom is 0.145 e. The molecule has 112 valence electrons. The predicted molar refractivity (Wildman–Crippen MR) is 99.4 cm³/mol. The van der Waals surface area contributed by atoms with Crippen LogP contribution in [0.2, 0.25) is 0 Å². The lowest BCUT2D eigenvalue weighted by atomic mass is 10.0. The van der Waals surface area contributed by atoms with Gasteiger partial charge in [-0.1, -0.05) is 60.7 Å². The third-order valence-electron chi connectivity index (χ3n) is 5.24. The van der Waals surface area contributed by atoms with E-state index >= 15 is 0 Å². The van der Waals surface area contributed by atoms with E-state index in [-0.39, 0.29) is 0 Å². The topological polar surface area (TPSA) is 17.3 Å². The van der Waals surface area contributed by atoms with Crippen LogP contribution in [0.4, 0.5) is 0 Å². The van der Waals surface area contributed by atoms with Gasteiger partial charge in [-0.15, -0.1) is 0 Å². The fourth-order valence-corrected chi connectivity index (χ4v) is 4.21. The SMILES string of the molecule is Cc1cn2c3c(nc2c2ccccc12)-c1cccc2cccc-3c12. The molecule has 1 aliphatic carbocycles. The molecule has 0 saturated heterocycles. The number of fused-ring (bicyclic) bond motifs is 7. The number of nitrogens with zero attached hydrogens (tertiary/aromatic N) is 2. The van der Waals surface area contributed by atoms with Crippen molar-refractivity contribution in [1.82, 2.24) is 9.38 Å². The molecule has 3 aromatic carbocycles. The fraction of sp³-hybridized carbons (Fsp3) is 0.0455. The third-order valence-corrected chi connectivity index (χ3v) is 5.24. The van der Waals surface area contributed by atoms with Crippen LogP contribution in [0.1, 0.15) is 5.56 Å². The highest BCUT2D eigenvalue weighted by Gasteiger charge is 2.27. The second kappa shape index (κ2) is 4.04. The van der Waals surface area contributed by atoms with Gasteiger partial charge in [0.15, 0.2) is 0 Å². The molecule has 6 rings (SSSR count). The summed E-state index contributed by atoms with van der Waals surface area (Å²) in [6, 6.07) is 21.6. The Hall–Kier alpha value is -3.13. The molecule has 2 aromatic heterocycles. The van der Waals surface area contributed by atoms with Gasteiger partial charge >= 0.3 is 0 Å². The first-order chi connectivity index (χ1) is 11.8. The first-order valence-electron chi connectivity index (χ1n) is 8.26. The minimum Gasteiger partial charge on any atom is -0.298 e. The van der Waals surface area contributed by atoms with Gasteiger partial charge in [0.2, 0.25) is 0 Å². The first kappa shape index (κ1) is 12.3. The van der Waals surface area contributed by atoms with E-state index in [9.17, 15) is 0 Å². The van der Waals surface area contributed by atoms with Crippen molar-refractivity contribution >= 4 is 27.2 Å². The molecule has 1 aliphatic rings. The molecular weight excluding hydrogens is 292 g/mol. The summed E-state index contributed by atoms with van der Waals surface area (Å²) in [5.41, 5.74) is 7.21. The van der Waals surface area contributed by atoms with Crippen LogP contribution in [0, 0.1) is 6.92 Å². The zero-order chi connectivity index (χ0) is 15.8. The standard InChI is InChI=1S/C22H14N2/c1-13-12-24-21-18-11-5-7-14-6-4-10-17(19(14)18)20(21)23-22(24)16-9-3-2-8-15(13)16/h2-12H,1H3. The molecule has 0 unspecified atom stereocenters. The average molecular weight is 306 g/mol. The highest BCUT2D eigenvalue weighted by molar-refractivity contribution is 6.15. The molecule has 2 nitrogen and oxygen atoms in total. The maximum absolute atomic E-state index is 5.07. The van der Waals surface area contributed by atoms with Crippen molar-refractivity contribution in [3.8, 4) is 22.5 Å². The van der Waals surface area contributed by atoms with Crippen LogP contribution in [0.15, 0.2) is 66.9 Å². The van der Waals surface area contributed by atoms with E-state index in [1.807, 2.05) is 0 Å². The van der Waals surface area contributed by atoms with Crippen LogP contribution >= 0.6 is 0 Å². The number of rotatable bonds is 0. The molecule has 0 radical (unpaired) electrons. The summed E-state index contributed by atoms with van der Waals surface area (Å²) < 4.78 is 2.28. The van der Waals surface area contributed by atoms with Crippen molar-refractivity contribution in [2.45, 2.75) is 6.92 Å². The molecule has 0 amide bonds. The quantitative estimate of drug-likeness (QED) is 0.357. The maximum atomic E-state index is 5.07. The average Bonchev–Trinajstić information content (AvgIpc) is 3.14. The van der Waals surface area contributed by atoms with Crippen molar-refractivity contribution in [3.05, 3.63) is 72.4 Å². The summed E-state index contributed by atoms with van der Waals surface area (Å²) in [6.45, 7) is 2.18. The van der Waals surface area contributed by atoms with Crippen LogP contribution in [0.3, 0.4) is 0 Å². The second-order valence-electron chi connectivity index (χ2n) is 6.57. The van der Waals surface area contributed by atoms with Crippen LogP contribution < -0.4 is 0 Å². The van der Waals surface area contributed by atoms with Gasteiger partial charge in [0.05, 0.1) is 11.4 Å². The van der Waals surface area contributed by atoms with Crippen LogP contribution in [0.5, 0.6) is 0 Å². The smallest absolute Gasteiger partial charge is 0.145 e. The molecule has 24 heavy (non-hydrogen) atoms. The summed E-state index contributed by atoms with van der Waals surface area (Å²) in [7, 11) is 0. The molecular formula is C22H14N2. The normalized spacial score (nSPS) is 12.4. The van der Waals surface area contributed by atoms with Gasteiger partial charge < -0.3 is 0 Å². The highest BCUT2D eigenvalue weighted by Crippen LogP contribution is 2.47. The number of hydrogen-bond donors (Lipinski definition) is 0. The van der Waals surface area contributed by atoms with Gasteiger partial charge in [-0.2, -0.15) is 0 Å². The Bertz CT molecular complexity index is 1300. The predicted octanol–water partition coefficient (Wildman–Crippen LogP) is 5.60. The Morgan fingerprint density at radius 2 is 1.54 bits per heavy atom. The Labute approximate surface area is 139 Å². The molecule has 0 N–H and O–H groups in total. The van der Waals surface area contributed by atoms with E-state index < -0.39 is 0 Å². The van der Waals surface area contributed by atoms with Crippen molar-refractivity contribution in [3.63, 3.8) is 0 Å². The van der Waals surface area contributed by atoms with Gasteiger partial charge in [-0.25, -0.2) is 4.98 Å². The Balaban J connectivity index is 1.88. The molecule has 0 spiro atoms. The number of hydrogen-bond acceptors (Lipinski definition) is 1. The number of benzene rings is 3. The summed E-state index contributed by atoms with van der Waals surface area (Å²) in [4.78, 5) is 5.07. The zero-order valence-electron chi connectivity index (χ0n) is 13.2. The minimum absolute atomic E-state index is 1.05. The lowest BCUT2D eigenvalue weighted by Crippen LogP contribution is -1.92. The first-order valence-corrected chi connectivity index (χ1v) is 8.26. The number of pyridine rings is 1. The lowest BCUT2D eigenvalue weighted by Gasteiger charge is -2.08. The summed E-state index contributed by atoms with van der Waals surface area (Å²) in [5, 5.41) is 5.11. The van der Waals surface area contributed by atoms with Crippen molar-refractivity contribution in [2.24, 2.45) is 0 Å². The van der Waals surface area contributed by atoms with Crippen molar-refractivity contribution in [1.29, 1.82) is 0 Å². The van der Waals surface area contributed by atoms with E-state index in [0.717, 1.165) is 11.3 Å². The van der Waals surface area contributed by atoms with E-state index in [4.69, 9.17) is 4.98 Å². The van der Waals surface area contributed by atoms with Gasteiger partial charge in [0.1, 0.15) is 5.65 Å². The molecule has 0 fully saturated rings. The zero-order valence-corrected chi connectivity index (χ0v) is 13.2. The van der Waals surface area contributed by atoms with E-state index in [2.05, 4.69) is 78.2 Å². The summed E-state index contributed by atoms with van der Waals surface area (Å²) in [6.07, 6.45) is 2.23. The van der Waals surface area contributed by atoms with E-state index in [1.54, 1.807) is 0 Å². The number of aryl methyl sites for hydroxylation is 1. The molecule has 0 aliphatic heterocycles. The molecule has 5 aromatic rings.